The van der Waals surface area contributed by atoms with Gasteiger partial charge in [-0.3, -0.25) is 0 Å². The van der Waals surface area contributed by atoms with Gasteiger partial charge in [-0.1, -0.05) is 18.2 Å². The maximum atomic E-state index is 13.8. The zero-order chi connectivity index (χ0) is 11.7. The Labute approximate surface area is 84.9 Å². The molecule has 2 N–H and O–H groups in total. The van der Waals surface area contributed by atoms with Crippen LogP contribution >= 0.6 is 0 Å². The molecule has 1 unspecified atom stereocenters. The fraction of sp³-hybridized carbons (Fsp3) is 0.400. The van der Waals surface area contributed by atoms with Crippen LogP contribution in [-0.2, 0) is 5.67 Å². The highest BCUT2D eigenvalue weighted by molar-refractivity contribution is 5.26. The maximum absolute atomic E-state index is 13.8. The lowest BCUT2D eigenvalue weighted by atomic mass is 9.90. The van der Waals surface area contributed by atoms with Crippen LogP contribution in [0.25, 0.3) is 0 Å². The predicted octanol–water partition coefficient (Wildman–Crippen LogP) is 2.60. The van der Waals surface area contributed by atoms with Gasteiger partial charge in [-0.2, -0.15) is 0 Å². The molecule has 0 spiro atoms. The van der Waals surface area contributed by atoms with Gasteiger partial charge in [0.25, 0.3) is 5.92 Å². The number of alkyl halides is 3. The molecule has 0 saturated heterocycles. The molecule has 15 heavy (non-hydrogen) atoms. The van der Waals surface area contributed by atoms with Crippen LogP contribution in [0.15, 0.2) is 24.3 Å². The van der Waals surface area contributed by atoms with Crippen molar-refractivity contribution in [1.82, 2.24) is 0 Å². The number of hydrogen-bond acceptors (Lipinski definition) is 1. The minimum Gasteiger partial charge on any atom is -0.325 e. The molecular formula is C10H11F4N. The average Bonchev–Trinajstić information content (AvgIpc) is 2.18. The van der Waals surface area contributed by atoms with Crippen LogP contribution in [0.2, 0.25) is 0 Å². The molecule has 0 saturated carbocycles. The van der Waals surface area contributed by atoms with E-state index in [1.165, 1.54) is 12.1 Å². The predicted molar refractivity (Wildman–Crippen MR) is 48.9 cm³/mol. The van der Waals surface area contributed by atoms with Gasteiger partial charge in [0, 0.05) is 5.56 Å². The largest absolute Gasteiger partial charge is 0.325 e. The molecule has 0 radical (unpaired) electrons. The Bertz CT molecular complexity index is 349. The van der Waals surface area contributed by atoms with Crippen LogP contribution in [0.3, 0.4) is 0 Å². The quantitative estimate of drug-likeness (QED) is 0.780. The van der Waals surface area contributed by atoms with Gasteiger partial charge < -0.3 is 5.73 Å². The summed E-state index contributed by atoms with van der Waals surface area (Å²) >= 11 is 0. The first kappa shape index (κ1) is 12.0. The van der Waals surface area contributed by atoms with Gasteiger partial charge >= 0.3 is 0 Å². The van der Waals surface area contributed by atoms with E-state index < -0.39 is 29.5 Å². The Hall–Kier alpha value is -1.10. The van der Waals surface area contributed by atoms with E-state index in [1.54, 1.807) is 0 Å². The third-order valence-electron chi connectivity index (χ3n) is 2.32. The second kappa shape index (κ2) is 3.81. The Morgan fingerprint density at radius 3 is 2.20 bits per heavy atom. The zero-order valence-electron chi connectivity index (χ0n) is 8.11. The van der Waals surface area contributed by atoms with Crippen molar-refractivity contribution in [1.29, 1.82) is 0 Å². The topological polar surface area (TPSA) is 26.0 Å². The molecule has 0 amide bonds. The molecule has 1 rings (SSSR count). The second-order valence-electron chi connectivity index (χ2n) is 3.39. The first-order valence-electron chi connectivity index (χ1n) is 4.35. The first-order valence-corrected chi connectivity index (χ1v) is 4.35. The van der Waals surface area contributed by atoms with Crippen molar-refractivity contribution in [2.45, 2.75) is 18.5 Å². The third-order valence-corrected chi connectivity index (χ3v) is 2.32. The van der Waals surface area contributed by atoms with Gasteiger partial charge in [-0.25, -0.2) is 17.6 Å². The van der Waals surface area contributed by atoms with Crippen molar-refractivity contribution in [2.75, 3.05) is 6.54 Å². The SMILES string of the molecule is CC(F)(c1ccccc1F)C(F)(F)CN. The molecular weight excluding hydrogens is 210 g/mol. The molecule has 0 fully saturated rings. The summed E-state index contributed by atoms with van der Waals surface area (Å²) < 4.78 is 53.2. The fourth-order valence-electron chi connectivity index (χ4n) is 1.23. The third kappa shape index (κ3) is 1.97. The van der Waals surface area contributed by atoms with Gasteiger partial charge in [0.1, 0.15) is 5.82 Å². The molecule has 0 aromatic heterocycles. The molecule has 0 bridgehead atoms. The van der Waals surface area contributed by atoms with E-state index in [0.29, 0.717) is 6.92 Å². The van der Waals surface area contributed by atoms with Crippen LogP contribution < -0.4 is 5.73 Å². The minimum atomic E-state index is -3.80. The maximum Gasteiger partial charge on any atom is 0.297 e. The normalized spacial score (nSPS) is 16.1. The van der Waals surface area contributed by atoms with E-state index in [1.807, 2.05) is 0 Å². The second-order valence-corrected chi connectivity index (χ2v) is 3.39. The molecule has 0 heterocycles. The molecule has 5 heteroatoms. The monoisotopic (exact) mass is 221 g/mol. The van der Waals surface area contributed by atoms with Gasteiger partial charge in [0.2, 0.25) is 0 Å². The van der Waals surface area contributed by atoms with Crippen LogP contribution in [0, 0.1) is 5.82 Å². The van der Waals surface area contributed by atoms with Gasteiger partial charge in [-0.05, 0) is 13.0 Å². The Balaban J connectivity index is 3.22. The van der Waals surface area contributed by atoms with Crippen molar-refractivity contribution in [2.24, 2.45) is 5.73 Å². The highest BCUT2D eigenvalue weighted by Gasteiger charge is 2.52. The van der Waals surface area contributed by atoms with Crippen LogP contribution in [0.1, 0.15) is 12.5 Å². The number of nitrogens with two attached hydrogens (primary N) is 1. The van der Waals surface area contributed by atoms with Crippen LogP contribution in [0.4, 0.5) is 17.6 Å². The van der Waals surface area contributed by atoms with Gasteiger partial charge in [0.05, 0.1) is 6.54 Å². The van der Waals surface area contributed by atoms with E-state index in [0.717, 1.165) is 12.1 Å². The van der Waals surface area contributed by atoms with Crippen LogP contribution in [0.5, 0.6) is 0 Å². The van der Waals surface area contributed by atoms with Gasteiger partial charge in [0.15, 0.2) is 5.67 Å². The summed E-state index contributed by atoms with van der Waals surface area (Å²) in [6.07, 6.45) is 0. The zero-order valence-corrected chi connectivity index (χ0v) is 8.11. The van der Waals surface area contributed by atoms with E-state index in [9.17, 15) is 17.6 Å². The lowest BCUT2D eigenvalue weighted by Gasteiger charge is -2.29. The standard InChI is InChI=1S/C10H11F4N/c1-9(12,10(13,14)6-15)7-4-2-3-5-8(7)11/h2-5H,6,15H2,1H3. The minimum absolute atomic E-state index is 0.623. The highest BCUT2D eigenvalue weighted by Crippen LogP contribution is 2.41. The molecule has 1 atom stereocenters. The van der Waals surface area contributed by atoms with Crippen molar-refractivity contribution in [3.05, 3.63) is 35.6 Å². The molecule has 0 aliphatic carbocycles. The molecule has 1 nitrogen and oxygen atoms in total. The van der Waals surface area contributed by atoms with Crippen molar-refractivity contribution < 1.29 is 17.6 Å². The van der Waals surface area contributed by atoms with E-state index >= 15 is 0 Å². The summed E-state index contributed by atoms with van der Waals surface area (Å²) in [5.74, 6) is -4.80. The number of halogens is 4. The summed E-state index contributed by atoms with van der Waals surface area (Å²) in [4.78, 5) is 0. The highest BCUT2D eigenvalue weighted by atomic mass is 19.3. The Kier molecular flexibility index (Phi) is 3.04. The number of rotatable bonds is 3. The first-order chi connectivity index (χ1) is 6.83. The molecule has 0 aliphatic rings. The summed E-state index contributed by atoms with van der Waals surface area (Å²) in [7, 11) is 0. The molecule has 1 aromatic rings. The summed E-state index contributed by atoms with van der Waals surface area (Å²) in [6, 6.07) is 4.51. The lowest BCUT2D eigenvalue weighted by Crippen LogP contribution is -2.45. The lowest BCUT2D eigenvalue weighted by molar-refractivity contribution is -0.127. The molecule has 0 aliphatic heterocycles. The number of hydrogen-bond donors (Lipinski definition) is 1. The smallest absolute Gasteiger partial charge is 0.297 e. The summed E-state index contributed by atoms with van der Waals surface area (Å²) in [5.41, 5.74) is 0.983. The Morgan fingerprint density at radius 2 is 1.73 bits per heavy atom. The van der Waals surface area contributed by atoms with E-state index in [2.05, 4.69) is 0 Å². The molecule has 84 valence electrons. The van der Waals surface area contributed by atoms with E-state index in [4.69, 9.17) is 5.73 Å². The fourth-order valence-corrected chi connectivity index (χ4v) is 1.23. The Morgan fingerprint density at radius 1 is 1.20 bits per heavy atom. The summed E-state index contributed by atoms with van der Waals surface area (Å²) in [5, 5.41) is 0. The van der Waals surface area contributed by atoms with Crippen molar-refractivity contribution in [3.8, 4) is 0 Å². The van der Waals surface area contributed by atoms with Crippen molar-refractivity contribution in [3.63, 3.8) is 0 Å². The van der Waals surface area contributed by atoms with Crippen LogP contribution in [-0.4, -0.2) is 12.5 Å². The van der Waals surface area contributed by atoms with Gasteiger partial charge in [-0.15, -0.1) is 0 Å². The number of benzene rings is 1. The van der Waals surface area contributed by atoms with Crippen molar-refractivity contribution >= 4 is 0 Å². The summed E-state index contributed by atoms with van der Waals surface area (Å²) in [6.45, 7) is -0.549. The molecule has 1 aromatic carbocycles. The van der Waals surface area contributed by atoms with E-state index in [-0.39, 0.29) is 0 Å². The average molecular weight is 221 g/mol.